The fraction of sp³-hybridized carbons (Fsp3) is 0.333. The lowest BCUT2D eigenvalue weighted by molar-refractivity contribution is 0.0600. The number of fused-ring (bicyclic) bond motifs is 1. The van der Waals surface area contributed by atoms with E-state index in [-0.39, 0.29) is 11.8 Å². The fourth-order valence-corrected chi connectivity index (χ4v) is 2.76. The highest BCUT2D eigenvalue weighted by molar-refractivity contribution is 5.90. The molecule has 2 aromatic heterocycles. The number of hydrogen-bond donors (Lipinski definition) is 1. The normalized spacial score (nSPS) is 10.7. The molecule has 3 aromatic rings. The van der Waals surface area contributed by atoms with Crippen LogP contribution in [0.15, 0.2) is 18.2 Å². The summed E-state index contributed by atoms with van der Waals surface area (Å²) in [5.74, 6) is 0.259. The first kappa shape index (κ1) is 19.2. The summed E-state index contributed by atoms with van der Waals surface area (Å²) in [6.07, 6.45) is 0. The number of nitrogens with two attached hydrogens (primary N) is 1. The molecule has 0 aliphatic rings. The van der Waals surface area contributed by atoms with E-state index in [0.717, 1.165) is 5.56 Å². The molecule has 10 heteroatoms. The van der Waals surface area contributed by atoms with Crippen LogP contribution in [0.5, 0.6) is 17.8 Å². The van der Waals surface area contributed by atoms with Crippen molar-refractivity contribution in [3.63, 3.8) is 0 Å². The Bertz CT molecular complexity index is 1020. The van der Waals surface area contributed by atoms with Gasteiger partial charge in [0.25, 0.3) is 6.01 Å². The number of methoxy groups -OCH3 is 3. The smallest absolute Gasteiger partial charge is 0.337 e. The third kappa shape index (κ3) is 3.48. The molecule has 0 unspecified atom stereocenters. The molecule has 0 saturated heterocycles. The minimum absolute atomic E-state index is 0.157. The number of ether oxygens (including phenoxy) is 4. The Labute approximate surface area is 161 Å². The summed E-state index contributed by atoms with van der Waals surface area (Å²) in [4.78, 5) is 24.6. The molecule has 28 heavy (non-hydrogen) atoms. The van der Waals surface area contributed by atoms with E-state index in [2.05, 4.69) is 15.0 Å². The standard InChI is InChI=1S/C18H21N5O5/c1-5-28-17-21-14(19)13-15(22-17)23(18(20-13)27-4)9-11-7-6-10(16(24)26-3)8-12(11)25-2/h6-8H,5,9H2,1-4H3,(H2,19,21,22). The Morgan fingerprint density at radius 1 is 1.14 bits per heavy atom. The summed E-state index contributed by atoms with van der Waals surface area (Å²) < 4.78 is 22.7. The topological polar surface area (TPSA) is 124 Å². The van der Waals surface area contributed by atoms with E-state index in [1.165, 1.54) is 21.3 Å². The lowest BCUT2D eigenvalue weighted by atomic mass is 10.1. The largest absolute Gasteiger partial charge is 0.496 e. The number of nitrogens with zero attached hydrogens (tertiary/aromatic N) is 4. The minimum Gasteiger partial charge on any atom is -0.496 e. The van der Waals surface area contributed by atoms with Crippen LogP contribution in [0.1, 0.15) is 22.8 Å². The summed E-state index contributed by atoms with van der Waals surface area (Å²) in [6.45, 7) is 2.54. The molecule has 0 saturated carbocycles. The molecule has 0 fully saturated rings. The lowest BCUT2D eigenvalue weighted by Crippen LogP contribution is -2.08. The van der Waals surface area contributed by atoms with Crippen molar-refractivity contribution in [3.8, 4) is 17.8 Å². The first-order valence-corrected chi connectivity index (χ1v) is 8.48. The second-order valence-electron chi connectivity index (χ2n) is 5.70. The Morgan fingerprint density at radius 3 is 2.57 bits per heavy atom. The molecule has 0 spiro atoms. The van der Waals surface area contributed by atoms with Crippen LogP contribution in [0.25, 0.3) is 11.2 Å². The van der Waals surface area contributed by atoms with Crippen molar-refractivity contribution in [1.29, 1.82) is 0 Å². The first-order chi connectivity index (χ1) is 13.5. The summed E-state index contributed by atoms with van der Waals surface area (Å²) in [7, 11) is 4.35. The number of carbonyl (C=O) groups excluding carboxylic acids is 1. The molecule has 0 aliphatic heterocycles. The Hall–Kier alpha value is -3.56. The second-order valence-corrected chi connectivity index (χ2v) is 5.70. The molecule has 1 aromatic carbocycles. The second kappa shape index (κ2) is 7.99. The van der Waals surface area contributed by atoms with Gasteiger partial charge in [-0.2, -0.15) is 15.0 Å². The molecule has 0 atom stereocenters. The molecule has 10 nitrogen and oxygen atoms in total. The van der Waals surface area contributed by atoms with Crippen molar-refractivity contribution < 1.29 is 23.7 Å². The van der Waals surface area contributed by atoms with Gasteiger partial charge >= 0.3 is 12.0 Å². The van der Waals surface area contributed by atoms with Gasteiger partial charge in [-0.05, 0) is 19.1 Å². The third-order valence-electron chi connectivity index (χ3n) is 4.06. The van der Waals surface area contributed by atoms with Gasteiger partial charge in [-0.25, -0.2) is 4.79 Å². The number of anilines is 1. The molecule has 0 amide bonds. The van der Waals surface area contributed by atoms with Crippen LogP contribution in [0.3, 0.4) is 0 Å². The molecular weight excluding hydrogens is 366 g/mol. The van der Waals surface area contributed by atoms with Crippen LogP contribution in [0, 0.1) is 0 Å². The summed E-state index contributed by atoms with van der Waals surface area (Å²) in [6, 6.07) is 5.50. The fourth-order valence-electron chi connectivity index (χ4n) is 2.76. The van der Waals surface area contributed by atoms with E-state index < -0.39 is 5.97 Å². The number of nitrogen functional groups attached to an aromatic ring is 1. The predicted molar refractivity (Wildman–Crippen MR) is 101 cm³/mol. The maximum absolute atomic E-state index is 11.8. The van der Waals surface area contributed by atoms with Gasteiger partial charge in [0.15, 0.2) is 17.0 Å². The van der Waals surface area contributed by atoms with Gasteiger partial charge in [-0.15, -0.1) is 0 Å². The van der Waals surface area contributed by atoms with Gasteiger partial charge in [0.2, 0.25) is 0 Å². The van der Waals surface area contributed by atoms with E-state index in [1.807, 2.05) is 6.92 Å². The van der Waals surface area contributed by atoms with E-state index in [9.17, 15) is 4.79 Å². The molecule has 0 radical (unpaired) electrons. The SMILES string of the molecule is CCOc1nc(N)c2nc(OC)n(Cc3ccc(C(=O)OC)cc3OC)c2n1. The van der Waals surface area contributed by atoms with E-state index in [1.54, 1.807) is 22.8 Å². The van der Waals surface area contributed by atoms with Crippen LogP contribution in [-0.4, -0.2) is 53.4 Å². The number of esters is 1. The predicted octanol–water partition coefficient (Wildman–Crippen LogP) is 1.66. The average molecular weight is 387 g/mol. The number of hydrogen-bond acceptors (Lipinski definition) is 9. The molecule has 0 bridgehead atoms. The number of aromatic nitrogens is 4. The van der Waals surface area contributed by atoms with Crippen LogP contribution in [-0.2, 0) is 11.3 Å². The Kier molecular flexibility index (Phi) is 5.48. The molecule has 2 heterocycles. The zero-order chi connectivity index (χ0) is 20.3. The third-order valence-corrected chi connectivity index (χ3v) is 4.06. The van der Waals surface area contributed by atoms with Crippen LogP contribution >= 0.6 is 0 Å². The van der Waals surface area contributed by atoms with E-state index in [0.29, 0.717) is 41.6 Å². The van der Waals surface area contributed by atoms with Crippen LogP contribution in [0.2, 0.25) is 0 Å². The number of imidazole rings is 1. The quantitative estimate of drug-likeness (QED) is 0.603. The van der Waals surface area contributed by atoms with Crippen LogP contribution < -0.4 is 19.9 Å². The van der Waals surface area contributed by atoms with Crippen molar-refractivity contribution in [1.82, 2.24) is 19.5 Å². The van der Waals surface area contributed by atoms with Gasteiger partial charge in [0.05, 0.1) is 40.0 Å². The molecule has 3 rings (SSSR count). The zero-order valence-corrected chi connectivity index (χ0v) is 16.1. The van der Waals surface area contributed by atoms with Crippen molar-refractivity contribution in [2.24, 2.45) is 0 Å². The number of rotatable bonds is 7. The van der Waals surface area contributed by atoms with Gasteiger partial charge in [-0.3, -0.25) is 4.57 Å². The summed E-state index contributed by atoms with van der Waals surface area (Å²) in [5, 5.41) is 0. The number of benzene rings is 1. The lowest BCUT2D eigenvalue weighted by Gasteiger charge is -2.12. The molecule has 2 N–H and O–H groups in total. The maximum Gasteiger partial charge on any atom is 0.337 e. The minimum atomic E-state index is -0.447. The molecule has 148 valence electrons. The Morgan fingerprint density at radius 2 is 1.93 bits per heavy atom. The van der Waals surface area contributed by atoms with Crippen molar-refractivity contribution in [3.05, 3.63) is 29.3 Å². The summed E-state index contributed by atoms with van der Waals surface area (Å²) in [5.41, 5.74) is 8.04. The van der Waals surface area contributed by atoms with Crippen LogP contribution in [0.4, 0.5) is 5.82 Å². The Balaban J connectivity index is 2.09. The molecular formula is C18H21N5O5. The van der Waals surface area contributed by atoms with E-state index >= 15 is 0 Å². The highest BCUT2D eigenvalue weighted by Crippen LogP contribution is 2.29. The van der Waals surface area contributed by atoms with Gasteiger partial charge in [-0.1, -0.05) is 6.07 Å². The zero-order valence-electron chi connectivity index (χ0n) is 16.1. The highest BCUT2D eigenvalue weighted by Gasteiger charge is 2.20. The molecule has 0 aliphatic carbocycles. The van der Waals surface area contributed by atoms with Gasteiger partial charge in [0.1, 0.15) is 5.75 Å². The van der Waals surface area contributed by atoms with Gasteiger partial charge < -0.3 is 24.7 Å². The average Bonchev–Trinajstić information content (AvgIpc) is 3.06. The van der Waals surface area contributed by atoms with E-state index in [4.69, 9.17) is 24.7 Å². The summed E-state index contributed by atoms with van der Waals surface area (Å²) >= 11 is 0. The first-order valence-electron chi connectivity index (χ1n) is 8.48. The van der Waals surface area contributed by atoms with Gasteiger partial charge in [0, 0.05) is 5.56 Å². The van der Waals surface area contributed by atoms with Crippen molar-refractivity contribution in [2.75, 3.05) is 33.7 Å². The maximum atomic E-state index is 11.8. The van der Waals surface area contributed by atoms with Crippen molar-refractivity contribution >= 4 is 23.0 Å². The highest BCUT2D eigenvalue weighted by atomic mass is 16.5. The number of carbonyl (C=O) groups is 1. The monoisotopic (exact) mass is 387 g/mol. The van der Waals surface area contributed by atoms with Crippen molar-refractivity contribution in [2.45, 2.75) is 13.5 Å².